The summed E-state index contributed by atoms with van der Waals surface area (Å²) in [7, 11) is 2.02. The van der Waals surface area contributed by atoms with Gasteiger partial charge in [-0.25, -0.2) is 0 Å². The summed E-state index contributed by atoms with van der Waals surface area (Å²) in [5.74, 6) is 0. The topological polar surface area (TPSA) is 15.6 Å². The fourth-order valence-corrected chi connectivity index (χ4v) is 2.41. The molecule has 0 bridgehead atoms. The van der Waals surface area contributed by atoms with Crippen molar-refractivity contribution in [3.63, 3.8) is 0 Å². The van der Waals surface area contributed by atoms with Gasteiger partial charge in [0.1, 0.15) is 0 Å². The molecule has 0 saturated heterocycles. The average Bonchev–Trinajstić information content (AvgIpc) is 2.73. The number of hydrogen-bond donors (Lipinski definition) is 0. The molecule has 2 aliphatic heterocycles. The minimum absolute atomic E-state index is 1.08. The van der Waals surface area contributed by atoms with Crippen LogP contribution in [0, 0.1) is 6.92 Å². The molecule has 2 heterocycles. The Morgan fingerprint density at radius 3 is 2.55 bits per heavy atom. The van der Waals surface area contributed by atoms with E-state index in [-0.39, 0.29) is 0 Å². The first-order chi connectivity index (χ1) is 9.63. The SMILES string of the molecule is CC1=Nc2ccc(C)cc2/C1=C\C=C1C=CN(C)C=C1. The quantitative estimate of drug-likeness (QED) is 0.733. The van der Waals surface area contributed by atoms with Crippen molar-refractivity contribution in [2.45, 2.75) is 13.8 Å². The second-order valence-corrected chi connectivity index (χ2v) is 5.26. The Balaban J connectivity index is 1.96. The lowest BCUT2D eigenvalue weighted by Crippen LogP contribution is -2.02. The number of aryl methyl sites for hydroxylation is 1. The number of benzene rings is 1. The van der Waals surface area contributed by atoms with Gasteiger partial charge in [0.15, 0.2) is 0 Å². The summed E-state index contributed by atoms with van der Waals surface area (Å²) in [4.78, 5) is 6.66. The largest absolute Gasteiger partial charge is 0.357 e. The molecule has 2 nitrogen and oxygen atoms in total. The average molecular weight is 262 g/mol. The van der Waals surface area contributed by atoms with Crippen molar-refractivity contribution in [1.29, 1.82) is 0 Å². The fourth-order valence-electron chi connectivity index (χ4n) is 2.41. The molecule has 2 aliphatic rings. The number of nitrogens with zero attached hydrogens (tertiary/aromatic N) is 2. The van der Waals surface area contributed by atoms with Crippen LogP contribution in [0.3, 0.4) is 0 Å². The number of fused-ring (bicyclic) bond motifs is 1. The molecule has 0 fully saturated rings. The lowest BCUT2D eigenvalue weighted by Gasteiger charge is -2.11. The number of rotatable bonds is 1. The first kappa shape index (κ1) is 12.7. The Kier molecular flexibility index (Phi) is 3.15. The maximum absolute atomic E-state index is 4.63. The molecule has 0 radical (unpaired) electrons. The van der Waals surface area contributed by atoms with Crippen molar-refractivity contribution >= 4 is 17.0 Å². The molecule has 3 rings (SSSR count). The van der Waals surface area contributed by atoms with E-state index < -0.39 is 0 Å². The van der Waals surface area contributed by atoms with Gasteiger partial charge in [0.05, 0.1) is 5.69 Å². The molecule has 0 N–H and O–H groups in total. The number of allylic oxidation sites excluding steroid dienone is 6. The molecular weight excluding hydrogens is 244 g/mol. The Bertz CT molecular complexity index is 684. The third kappa shape index (κ3) is 2.37. The zero-order valence-corrected chi connectivity index (χ0v) is 12.1. The normalized spacial score (nSPS) is 18.6. The van der Waals surface area contributed by atoms with Gasteiger partial charge in [0.25, 0.3) is 0 Å². The van der Waals surface area contributed by atoms with E-state index in [1.165, 1.54) is 22.3 Å². The molecule has 0 spiro atoms. The predicted octanol–water partition coefficient (Wildman–Crippen LogP) is 4.38. The van der Waals surface area contributed by atoms with Crippen LogP contribution in [0.1, 0.15) is 18.1 Å². The van der Waals surface area contributed by atoms with E-state index in [9.17, 15) is 0 Å². The minimum Gasteiger partial charge on any atom is -0.357 e. The monoisotopic (exact) mass is 262 g/mol. The molecule has 0 aliphatic carbocycles. The van der Waals surface area contributed by atoms with E-state index in [0.29, 0.717) is 0 Å². The highest BCUT2D eigenvalue weighted by Gasteiger charge is 2.16. The molecule has 0 saturated carbocycles. The van der Waals surface area contributed by atoms with E-state index in [4.69, 9.17) is 0 Å². The zero-order chi connectivity index (χ0) is 14.1. The number of aliphatic imine (C=N–C) groups is 1. The zero-order valence-electron chi connectivity index (χ0n) is 12.1. The van der Waals surface area contributed by atoms with E-state index in [0.717, 1.165) is 11.4 Å². The van der Waals surface area contributed by atoms with Gasteiger partial charge in [-0.05, 0) is 43.7 Å². The van der Waals surface area contributed by atoms with E-state index in [1.807, 2.05) is 11.9 Å². The van der Waals surface area contributed by atoms with Crippen molar-refractivity contribution in [3.05, 3.63) is 71.6 Å². The van der Waals surface area contributed by atoms with Crippen molar-refractivity contribution in [2.75, 3.05) is 7.05 Å². The molecule has 1 aromatic carbocycles. The fraction of sp³-hybridized carbons (Fsp3) is 0.167. The van der Waals surface area contributed by atoms with Gasteiger partial charge < -0.3 is 4.90 Å². The van der Waals surface area contributed by atoms with Gasteiger partial charge >= 0.3 is 0 Å². The van der Waals surface area contributed by atoms with Gasteiger partial charge in [-0.3, -0.25) is 4.99 Å². The van der Waals surface area contributed by atoms with Crippen LogP contribution < -0.4 is 0 Å². The Labute approximate surface area is 120 Å². The molecule has 100 valence electrons. The summed E-state index contributed by atoms with van der Waals surface area (Å²) < 4.78 is 0. The molecule has 2 heteroatoms. The third-order valence-corrected chi connectivity index (χ3v) is 3.57. The second-order valence-electron chi connectivity index (χ2n) is 5.26. The van der Waals surface area contributed by atoms with E-state index in [2.05, 4.69) is 73.7 Å². The molecule has 0 atom stereocenters. The lowest BCUT2D eigenvalue weighted by atomic mass is 10.0. The van der Waals surface area contributed by atoms with Crippen LogP contribution in [0.15, 0.2) is 65.5 Å². The summed E-state index contributed by atoms with van der Waals surface area (Å²) in [6, 6.07) is 6.41. The van der Waals surface area contributed by atoms with Gasteiger partial charge in [-0.2, -0.15) is 0 Å². The van der Waals surface area contributed by atoms with Gasteiger partial charge in [-0.1, -0.05) is 23.8 Å². The van der Waals surface area contributed by atoms with Gasteiger partial charge in [0.2, 0.25) is 0 Å². The van der Waals surface area contributed by atoms with E-state index >= 15 is 0 Å². The minimum atomic E-state index is 1.08. The molecule has 20 heavy (non-hydrogen) atoms. The maximum Gasteiger partial charge on any atom is 0.0712 e. The Hall–Kier alpha value is -2.35. The predicted molar refractivity (Wildman–Crippen MR) is 86.1 cm³/mol. The second kappa shape index (κ2) is 4.97. The summed E-state index contributed by atoms with van der Waals surface area (Å²) in [5.41, 5.74) is 7.09. The highest BCUT2D eigenvalue weighted by atomic mass is 15.0. The first-order valence-electron chi connectivity index (χ1n) is 6.80. The Morgan fingerprint density at radius 1 is 1.05 bits per heavy atom. The van der Waals surface area contributed by atoms with Crippen molar-refractivity contribution in [1.82, 2.24) is 4.90 Å². The summed E-state index contributed by atoms with van der Waals surface area (Å²) >= 11 is 0. The lowest BCUT2D eigenvalue weighted by molar-refractivity contribution is 0.620. The highest BCUT2D eigenvalue weighted by Crippen LogP contribution is 2.35. The number of hydrogen-bond acceptors (Lipinski definition) is 2. The van der Waals surface area contributed by atoms with Crippen LogP contribution in [-0.4, -0.2) is 17.7 Å². The van der Waals surface area contributed by atoms with Crippen LogP contribution in [0.25, 0.3) is 5.57 Å². The first-order valence-corrected chi connectivity index (χ1v) is 6.80. The Morgan fingerprint density at radius 2 is 1.80 bits per heavy atom. The third-order valence-electron chi connectivity index (χ3n) is 3.57. The maximum atomic E-state index is 4.63. The van der Waals surface area contributed by atoms with Crippen molar-refractivity contribution in [3.8, 4) is 0 Å². The van der Waals surface area contributed by atoms with Crippen LogP contribution in [0.4, 0.5) is 5.69 Å². The van der Waals surface area contributed by atoms with Crippen molar-refractivity contribution in [2.24, 2.45) is 4.99 Å². The van der Waals surface area contributed by atoms with Gasteiger partial charge in [0, 0.05) is 36.3 Å². The molecule has 0 aromatic heterocycles. The van der Waals surface area contributed by atoms with Crippen molar-refractivity contribution < 1.29 is 0 Å². The molecule has 0 unspecified atom stereocenters. The van der Waals surface area contributed by atoms with Crippen LogP contribution >= 0.6 is 0 Å². The smallest absolute Gasteiger partial charge is 0.0712 e. The molecular formula is C18H18N2. The van der Waals surface area contributed by atoms with E-state index in [1.54, 1.807) is 0 Å². The highest BCUT2D eigenvalue weighted by molar-refractivity contribution is 6.28. The molecule has 1 aromatic rings. The molecule has 0 amide bonds. The summed E-state index contributed by atoms with van der Waals surface area (Å²) in [6.07, 6.45) is 12.6. The summed E-state index contributed by atoms with van der Waals surface area (Å²) in [5, 5.41) is 0. The standard InChI is InChI=1S/C18H18N2/c1-13-4-7-18-17(12-13)16(14(2)19-18)6-5-15-8-10-20(3)11-9-15/h4-12H,1-3H3/b16-6-. The van der Waals surface area contributed by atoms with Crippen LogP contribution in [0.2, 0.25) is 0 Å². The van der Waals surface area contributed by atoms with Crippen LogP contribution in [0.5, 0.6) is 0 Å². The van der Waals surface area contributed by atoms with Gasteiger partial charge in [-0.15, -0.1) is 0 Å². The summed E-state index contributed by atoms with van der Waals surface area (Å²) in [6.45, 7) is 4.19. The van der Waals surface area contributed by atoms with Crippen LogP contribution in [-0.2, 0) is 0 Å².